The highest BCUT2D eigenvalue weighted by atomic mass is 16.5. The third-order valence-corrected chi connectivity index (χ3v) is 3.82. The highest BCUT2D eigenvalue weighted by molar-refractivity contribution is 5.76. The van der Waals surface area contributed by atoms with E-state index in [4.69, 9.17) is 9.47 Å². The first-order valence-corrected chi connectivity index (χ1v) is 6.05. The molecule has 0 aliphatic carbocycles. The van der Waals surface area contributed by atoms with Crippen molar-refractivity contribution in [2.24, 2.45) is 5.92 Å². The lowest BCUT2D eigenvalue weighted by atomic mass is 9.73. The second kappa shape index (κ2) is 4.98. The molecule has 0 saturated carbocycles. The Morgan fingerprint density at radius 3 is 2.78 bits per heavy atom. The zero-order valence-electron chi connectivity index (χ0n) is 11.0. The van der Waals surface area contributed by atoms with Gasteiger partial charge in [-0.05, 0) is 6.07 Å². The second-order valence-corrected chi connectivity index (χ2v) is 4.82. The number of carbonyl (C=O) groups excluding carboxylic acids is 1. The summed E-state index contributed by atoms with van der Waals surface area (Å²) in [6.07, 6.45) is 0. The van der Waals surface area contributed by atoms with E-state index in [1.807, 2.05) is 24.3 Å². The van der Waals surface area contributed by atoms with Crippen LogP contribution >= 0.6 is 0 Å². The van der Waals surface area contributed by atoms with Gasteiger partial charge in [-0.15, -0.1) is 0 Å². The molecule has 2 unspecified atom stereocenters. The zero-order chi connectivity index (χ0) is 13.2. The average molecular weight is 249 g/mol. The molecule has 4 nitrogen and oxygen atoms in total. The Balaban J connectivity index is 2.43. The van der Waals surface area contributed by atoms with Crippen molar-refractivity contribution >= 4 is 5.97 Å². The van der Waals surface area contributed by atoms with Crippen molar-refractivity contribution in [1.82, 2.24) is 5.32 Å². The van der Waals surface area contributed by atoms with Crippen molar-refractivity contribution in [3.63, 3.8) is 0 Å². The maximum atomic E-state index is 11.9. The maximum absolute atomic E-state index is 11.9. The van der Waals surface area contributed by atoms with E-state index in [1.54, 1.807) is 7.11 Å². The molecule has 0 aromatic heterocycles. The molecule has 2 atom stereocenters. The molecule has 1 aliphatic heterocycles. The molecule has 1 N–H and O–H groups in total. The van der Waals surface area contributed by atoms with Crippen LogP contribution in [-0.4, -0.2) is 33.3 Å². The smallest absolute Gasteiger partial charge is 0.310 e. The summed E-state index contributed by atoms with van der Waals surface area (Å²) in [4.78, 5) is 11.9. The molecule has 0 bridgehead atoms. The summed E-state index contributed by atoms with van der Waals surface area (Å²) >= 11 is 0. The number of carbonyl (C=O) groups is 1. The molecule has 1 aromatic rings. The molecule has 0 amide bonds. The highest BCUT2D eigenvalue weighted by Crippen LogP contribution is 2.40. The number of ether oxygens (including phenoxy) is 2. The number of benzene rings is 1. The third-order valence-electron chi connectivity index (χ3n) is 3.82. The Morgan fingerprint density at radius 1 is 1.39 bits per heavy atom. The molecule has 4 heteroatoms. The Kier molecular flexibility index (Phi) is 3.57. The predicted molar refractivity (Wildman–Crippen MR) is 68.7 cm³/mol. The maximum Gasteiger partial charge on any atom is 0.310 e. The number of rotatable bonds is 3. The summed E-state index contributed by atoms with van der Waals surface area (Å²) in [5.74, 6) is 0.463. The van der Waals surface area contributed by atoms with Crippen LogP contribution in [0.2, 0.25) is 0 Å². The number of hydrogen-bond acceptors (Lipinski definition) is 4. The Morgan fingerprint density at radius 2 is 2.11 bits per heavy atom. The second-order valence-electron chi connectivity index (χ2n) is 4.82. The van der Waals surface area contributed by atoms with E-state index in [0.717, 1.165) is 17.9 Å². The van der Waals surface area contributed by atoms with Gasteiger partial charge in [-0.3, -0.25) is 4.79 Å². The fourth-order valence-electron chi connectivity index (χ4n) is 2.71. The van der Waals surface area contributed by atoms with Crippen molar-refractivity contribution < 1.29 is 14.3 Å². The van der Waals surface area contributed by atoms with Crippen molar-refractivity contribution in [3.05, 3.63) is 29.8 Å². The number of hydrogen-bond donors (Lipinski definition) is 1. The standard InChI is InChI=1S/C14H19NO3/c1-14(9-15-8-11(14)13(16)18-3)10-6-4-5-7-12(10)17-2/h4-7,11,15H,8-9H2,1-3H3. The van der Waals surface area contributed by atoms with E-state index in [2.05, 4.69) is 12.2 Å². The lowest BCUT2D eigenvalue weighted by Crippen LogP contribution is -2.37. The number of nitrogens with one attached hydrogen (secondary N) is 1. The average Bonchev–Trinajstić information content (AvgIpc) is 2.81. The van der Waals surface area contributed by atoms with Gasteiger partial charge in [0.15, 0.2) is 0 Å². The van der Waals surface area contributed by atoms with Crippen LogP contribution in [0.1, 0.15) is 12.5 Å². The van der Waals surface area contributed by atoms with Crippen LogP contribution in [0.4, 0.5) is 0 Å². The molecule has 0 spiro atoms. The van der Waals surface area contributed by atoms with Crippen LogP contribution in [0.3, 0.4) is 0 Å². The zero-order valence-corrected chi connectivity index (χ0v) is 11.0. The van der Waals surface area contributed by atoms with Gasteiger partial charge >= 0.3 is 5.97 Å². The Labute approximate surface area is 107 Å². The summed E-state index contributed by atoms with van der Waals surface area (Å²) < 4.78 is 10.3. The quantitative estimate of drug-likeness (QED) is 0.821. The minimum atomic E-state index is -0.292. The van der Waals surface area contributed by atoms with Gasteiger partial charge in [-0.25, -0.2) is 0 Å². The molecule has 1 aromatic carbocycles. The normalized spacial score (nSPS) is 26.9. The first-order valence-electron chi connectivity index (χ1n) is 6.05. The molecule has 0 radical (unpaired) electrons. The highest BCUT2D eigenvalue weighted by Gasteiger charge is 2.46. The fraction of sp³-hybridized carbons (Fsp3) is 0.500. The molecule has 18 heavy (non-hydrogen) atoms. The van der Waals surface area contributed by atoms with E-state index in [-0.39, 0.29) is 17.3 Å². The van der Waals surface area contributed by atoms with Crippen LogP contribution < -0.4 is 10.1 Å². The lowest BCUT2D eigenvalue weighted by Gasteiger charge is -2.30. The summed E-state index contributed by atoms with van der Waals surface area (Å²) in [7, 11) is 3.08. The third kappa shape index (κ3) is 1.97. The number of methoxy groups -OCH3 is 2. The minimum absolute atomic E-state index is 0.173. The van der Waals surface area contributed by atoms with E-state index >= 15 is 0 Å². The molecule has 1 saturated heterocycles. The van der Waals surface area contributed by atoms with Crippen molar-refractivity contribution in [1.29, 1.82) is 0 Å². The van der Waals surface area contributed by atoms with E-state index < -0.39 is 0 Å². The van der Waals surface area contributed by atoms with Gasteiger partial charge in [0.2, 0.25) is 0 Å². The van der Waals surface area contributed by atoms with E-state index in [1.165, 1.54) is 7.11 Å². The summed E-state index contributed by atoms with van der Waals surface area (Å²) in [6.45, 7) is 3.46. The topological polar surface area (TPSA) is 47.6 Å². The molecule has 1 heterocycles. The monoisotopic (exact) mass is 249 g/mol. The van der Waals surface area contributed by atoms with Crippen molar-refractivity contribution in [2.45, 2.75) is 12.3 Å². The van der Waals surface area contributed by atoms with Gasteiger partial charge in [0, 0.05) is 24.1 Å². The summed E-state index contributed by atoms with van der Waals surface area (Å²) in [5, 5.41) is 3.27. The summed E-state index contributed by atoms with van der Waals surface area (Å²) in [6, 6.07) is 7.84. The van der Waals surface area contributed by atoms with Gasteiger partial charge in [-0.1, -0.05) is 25.1 Å². The molecule has 1 fully saturated rings. The summed E-state index contributed by atoms with van der Waals surface area (Å²) in [5.41, 5.74) is 0.757. The predicted octanol–water partition coefficient (Wildman–Crippen LogP) is 1.35. The number of para-hydroxylation sites is 1. The first-order chi connectivity index (χ1) is 8.63. The molecule has 98 valence electrons. The molecular weight excluding hydrogens is 230 g/mol. The SMILES string of the molecule is COC(=O)C1CNCC1(C)c1ccccc1OC. The van der Waals surface area contributed by atoms with Crippen LogP contribution in [0.5, 0.6) is 5.75 Å². The van der Waals surface area contributed by atoms with E-state index in [0.29, 0.717) is 6.54 Å². The van der Waals surface area contributed by atoms with Crippen LogP contribution in [0, 0.1) is 5.92 Å². The van der Waals surface area contributed by atoms with Gasteiger partial charge in [0.25, 0.3) is 0 Å². The van der Waals surface area contributed by atoms with Crippen molar-refractivity contribution in [2.75, 3.05) is 27.3 Å². The van der Waals surface area contributed by atoms with Gasteiger partial charge in [0.1, 0.15) is 5.75 Å². The Hall–Kier alpha value is -1.55. The Bertz CT molecular complexity index is 446. The molecular formula is C14H19NO3. The molecule has 2 rings (SSSR count). The van der Waals surface area contributed by atoms with Crippen LogP contribution in [-0.2, 0) is 14.9 Å². The largest absolute Gasteiger partial charge is 0.496 e. The van der Waals surface area contributed by atoms with E-state index in [9.17, 15) is 4.79 Å². The van der Waals surface area contributed by atoms with Gasteiger partial charge < -0.3 is 14.8 Å². The first kappa shape index (κ1) is 12.9. The van der Waals surface area contributed by atoms with Crippen LogP contribution in [0.25, 0.3) is 0 Å². The molecule has 1 aliphatic rings. The minimum Gasteiger partial charge on any atom is -0.496 e. The fourth-order valence-corrected chi connectivity index (χ4v) is 2.71. The number of esters is 1. The van der Waals surface area contributed by atoms with Crippen molar-refractivity contribution in [3.8, 4) is 5.75 Å². The van der Waals surface area contributed by atoms with Gasteiger partial charge in [-0.2, -0.15) is 0 Å². The van der Waals surface area contributed by atoms with Crippen LogP contribution in [0.15, 0.2) is 24.3 Å². The lowest BCUT2D eigenvalue weighted by molar-refractivity contribution is -0.146. The van der Waals surface area contributed by atoms with Gasteiger partial charge in [0.05, 0.1) is 20.1 Å².